The Morgan fingerprint density at radius 1 is 1.00 bits per heavy atom. The smallest absolute Gasteiger partial charge is 0.150 e. The van der Waals surface area contributed by atoms with Gasteiger partial charge in [-0.2, -0.15) is 0 Å². The molecule has 3 nitrogen and oxygen atoms in total. The Morgan fingerprint density at radius 3 is 2.20 bits per heavy atom. The number of ether oxygens (including phenoxy) is 2. The number of hydrogen-bond donors (Lipinski definition) is 0. The molecule has 0 bridgehead atoms. The van der Waals surface area contributed by atoms with E-state index in [1.54, 1.807) is 20.3 Å². The van der Waals surface area contributed by atoms with Gasteiger partial charge < -0.3 is 9.47 Å². The molecule has 0 radical (unpaired) electrons. The van der Waals surface area contributed by atoms with Crippen LogP contribution in [0.3, 0.4) is 0 Å². The second-order valence-corrected chi connectivity index (χ2v) is 5.82. The molecular weight excluding hydrogens is 252 g/mol. The van der Waals surface area contributed by atoms with E-state index in [2.05, 4.69) is 20.8 Å². The van der Waals surface area contributed by atoms with Crippen LogP contribution in [0.5, 0.6) is 11.5 Å². The van der Waals surface area contributed by atoms with E-state index < -0.39 is 0 Å². The van der Waals surface area contributed by atoms with Gasteiger partial charge in [0.1, 0.15) is 11.5 Å². The highest BCUT2D eigenvalue weighted by atomic mass is 16.5. The van der Waals surface area contributed by atoms with E-state index in [9.17, 15) is 4.79 Å². The minimum absolute atomic E-state index is 0.130. The van der Waals surface area contributed by atoms with Gasteiger partial charge in [-0.1, -0.05) is 26.8 Å². The molecule has 0 aliphatic carbocycles. The third-order valence-corrected chi connectivity index (χ3v) is 3.43. The summed E-state index contributed by atoms with van der Waals surface area (Å²) in [6.45, 7) is 6.31. The van der Waals surface area contributed by atoms with Crippen molar-refractivity contribution in [3.63, 3.8) is 0 Å². The molecule has 20 heavy (non-hydrogen) atoms. The molecule has 0 aliphatic heterocycles. The Hall–Kier alpha value is -2.03. The van der Waals surface area contributed by atoms with Gasteiger partial charge in [0.2, 0.25) is 0 Å². The first kappa shape index (κ1) is 14.4. The van der Waals surface area contributed by atoms with Gasteiger partial charge in [-0.05, 0) is 34.6 Å². The van der Waals surface area contributed by atoms with Crippen LogP contribution in [-0.2, 0) is 5.41 Å². The third-order valence-electron chi connectivity index (χ3n) is 3.43. The van der Waals surface area contributed by atoms with E-state index in [1.807, 2.05) is 18.2 Å². The quantitative estimate of drug-likeness (QED) is 0.793. The summed E-state index contributed by atoms with van der Waals surface area (Å²) >= 11 is 0. The zero-order chi connectivity index (χ0) is 14.9. The van der Waals surface area contributed by atoms with Crippen molar-refractivity contribution in [2.45, 2.75) is 26.2 Å². The van der Waals surface area contributed by atoms with E-state index in [0.717, 1.165) is 28.4 Å². The molecule has 0 saturated carbocycles. The van der Waals surface area contributed by atoms with Gasteiger partial charge >= 0.3 is 0 Å². The van der Waals surface area contributed by atoms with E-state index in [0.29, 0.717) is 11.3 Å². The fraction of sp³-hybridized carbons (Fsp3) is 0.353. The molecule has 0 aromatic heterocycles. The van der Waals surface area contributed by atoms with Crippen molar-refractivity contribution in [3.8, 4) is 11.5 Å². The lowest BCUT2D eigenvalue weighted by Gasteiger charge is -2.24. The van der Waals surface area contributed by atoms with Gasteiger partial charge in [0.25, 0.3) is 0 Å². The van der Waals surface area contributed by atoms with Crippen molar-refractivity contribution in [1.82, 2.24) is 0 Å². The summed E-state index contributed by atoms with van der Waals surface area (Å²) in [5, 5.41) is 1.99. The highest BCUT2D eigenvalue weighted by Crippen LogP contribution is 2.39. The maximum Gasteiger partial charge on any atom is 0.150 e. The fourth-order valence-electron chi connectivity index (χ4n) is 2.62. The Morgan fingerprint density at radius 2 is 1.70 bits per heavy atom. The van der Waals surface area contributed by atoms with Crippen molar-refractivity contribution < 1.29 is 14.3 Å². The number of rotatable bonds is 3. The zero-order valence-electron chi connectivity index (χ0n) is 12.6. The van der Waals surface area contributed by atoms with Gasteiger partial charge in [-0.25, -0.2) is 0 Å². The molecule has 0 aliphatic rings. The molecule has 0 fully saturated rings. The zero-order valence-corrected chi connectivity index (χ0v) is 12.6. The first-order chi connectivity index (χ1) is 9.42. The van der Waals surface area contributed by atoms with Crippen molar-refractivity contribution in [3.05, 3.63) is 35.4 Å². The summed E-state index contributed by atoms with van der Waals surface area (Å²) in [6, 6.07) is 7.64. The first-order valence-corrected chi connectivity index (χ1v) is 6.56. The minimum atomic E-state index is -0.130. The molecule has 2 aromatic rings. The summed E-state index contributed by atoms with van der Waals surface area (Å²) in [6.07, 6.45) is 0.896. The van der Waals surface area contributed by atoms with Crippen LogP contribution in [0.1, 0.15) is 36.7 Å². The van der Waals surface area contributed by atoms with Crippen LogP contribution < -0.4 is 9.47 Å². The largest absolute Gasteiger partial charge is 0.497 e. The van der Waals surface area contributed by atoms with Crippen LogP contribution >= 0.6 is 0 Å². The highest BCUT2D eigenvalue weighted by molar-refractivity contribution is 5.98. The van der Waals surface area contributed by atoms with Gasteiger partial charge in [-0.15, -0.1) is 0 Å². The van der Waals surface area contributed by atoms with Crippen LogP contribution in [0.2, 0.25) is 0 Å². The van der Waals surface area contributed by atoms with Crippen LogP contribution in [0.15, 0.2) is 24.3 Å². The minimum Gasteiger partial charge on any atom is -0.497 e. The average molecular weight is 272 g/mol. The Kier molecular flexibility index (Phi) is 3.71. The Balaban J connectivity index is 2.93. The van der Waals surface area contributed by atoms with Crippen LogP contribution in [0.25, 0.3) is 10.8 Å². The van der Waals surface area contributed by atoms with Crippen molar-refractivity contribution >= 4 is 17.1 Å². The first-order valence-electron chi connectivity index (χ1n) is 6.56. The molecule has 0 spiro atoms. The second kappa shape index (κ2) is 5.16. The van der Waals surface area contributed by atoms with Crippen molar-refractivity contribution in [2.75, 3.05) is 14.2 Å². The summed E-state index contributed by atoms with van der Waals surface area (Å²) in [4.78, 5) is 11.4. The number of carbonyl (C=O) groups excluding carboxylic acids is 1. The highest BCUT2D eigenvalue weighted by Gasteiger charge is 2.23. The lowest BCUT2D eigenvalue weighted by molar-refractivity contribution is 0.112. The Bertz CT molecular complexity index is 651. The van der Waals surface area contributed by atoms with Crippen LogP contribution in [0.4, 0.5) is 0 Å². The van der Waals surface area contributed by atoms with Crippen molar-refractivity contribution in [1.29, 1.82) is 0 Å². The normalized spacial score (nSPS) is 11.4. The standard InChI is InChI=1S/C17H20O3/c1-17(2,3)16-11(10-18)8-15(20-5)14-9-12(19-4)6-7-13(14)16/h6-10H,1-5H3. The molecule has 3 heteroatoms. The molecule has 0 unspecified atom stereocenters. The molecular formula is C17H20O3. The molecule has 106 valence electrons. The van der Waals surface area contributed by atoms with Crippen LogP contribution in [-0.4, -0.2) is 20.5 Å². The third kappa shape index (κ3) is 2.36. The van der Waals surface area contributed by atoms with Gasteiger partial charge in [0.15, 0.2) is 6.29 Å². The number of carbonyl (C=O) groups is 1. The summed E-state index contributed by atoms with van der Waals surface area (Å²) in [7, 11) is 3.25. The molecule has 0 N–H and O–H groups in total. The summed E-state index contributed by atoms with van der Waals surface area (Å²) < 4.78 is 10.7. The molecule has 2 rings (SSSR count). The topological polar surface area (TPSA) is 35.5 Å². The number of methoxy groups -OCH3 is 2. The van der Waals surface area contributed by atoms with E-state index >= 15 is 0 Å². The monoisotopic (exact) mass is 272 g/mol. The maximum absolute atomic E-state index is 11.4. The Labute approximate surface area is 119 Å². The molecule has 0 saturated heterocycles. The SMILES string of the molecule is COc1ccc2c(C(C)(C)C)c(C=O)cc(OC)c2c1. The molecule has 0 amide bonds. The van der Waals surface area contributed by atoms with Crippen molar-refractivity contribution in [2.24, 2.45) is 0 Å². The maximum atomic E-state index is 11.4. The summed E-state index contributed by atoms with van der Waals surface area (Å²) in [5.41, 5.74) is 1.58. The number of aldehydes is 1. The van der Waals surface area contributed by atoms with E-state index in [1.165, 1.54) is 0 Å². The lowest BCUT2D eigenvalue weighted by Crippen LogP contribution is -2.15. The van der Waals surface area contributed by atoms with Crippen LogP contribution in [0, 0.1) is 0 Å². The van der Waals surface area contributed by atoms with Gasteiger partial charge in [0, 0.05) is 10.9 Å². The summed E-state index contributed by atoms with van der Waals surface area (Å²) in [5.74, 6) is 1.46. The molecule has 0 atom stereocenters. The molecule has 2 aromatic carbocycles. The van der Waals surface area contributed by atoms with Gasteiger partial charge in [0.05, 0.1) is 14.2 Å². The second-order valence-electron chi connectivity index (χ2n) is 5.82. The predicted molar refractivity (Wildman–Crippen MR) is 81.1 cm³/mol. The number of hydrogen-bond acceptors (Lipinski definition) is 3. The molecule has 0 heterocycles. The lowest BCUT2D eigenvalue weighted by atomic mass is 9.80. The fourth-order valence-corrected chi connectivity index (χ4v) is 2.62. The van der Waals surface area contributed by atoms with E-state index in [4.69, 9.17) is 9.47 Å². The predicted octanol–water partition coefficient (Wildman–Crippen LogP) is 3.97. The average Bonchev–Trinajstić information content (AvgIpc) is 2.43. The number of fused-ring (bicyclic) bond motifs is 1. The number of benzene rings is 2. The van der Waals surface area contributed by atoms with E-state index in [-0.39, 0.29) is 5.41 Å². The van der Waals surface area contributed by atoms with Gasteiger partial charge in [-0.3, -0.25) is 4.79 Å².